The SMILES string of the molecule is CN(CC1(CO)CCCCCC1)C1CCOCC1. The van der Waals surface area contributed by atoms with E-state index in [1.165, 1.54) is 38.5 Å². The third kappa shape index (κ3) is 3.69. The van der Waals surface area contributed by atoms with Crippen LogP contribution in [0.5, 0.6) is 0 Å². The first kappa shape index (κ1) is 14.3. The normalized spacial score (nSPS) is 26.2. The first-order valence-electron chi connectivity index (χ1n) is 7.65. The number of aliphatic hydroxyl groups excluding tert-OH is 1. The molecule has 1 saturated heterocycles. The lowest BCUT2D eigenvalue weighted by Gasteiger charge is -2.39. The van der Waals surface area contributed by atoms with Gasteiger partial charge in [0.2, 0.25) is 0 Å². The van der Waals surface area contributed by atoms with Crippen LogP contribution < -0.4 is 0 Å². The Bertz CT molecular complexity index is 231. The van der Waals surface area contributed by atoms with Gasteiger partial charge >= 0.3 is 0 Å². The maximum atomic E-state index is 9.86. The molecule has 0 spiro atoms. The van der Waals surface area contributed by atoms with E-state index in [4.69, 9.17) is 4.74 Å². The summed E-state index contributed by atoms with van der Waals surface area (Å²) in [6.07, 6.45) is 10.00. The Kier molecular flexibility index (Phi) is 5.46. The van der Waals surface area contributed by atoms with Crippen LogP contribution >= 0.6 is 0 Å². The molecule has 0 aromatic rings. The lowest BCUT2D eigenvalue weighted by atomic mass is 9.80. The monoisotopic (exact) mass is 255 g/mol. The van der Waals surface area contributed by atoms with Gasteiger partial charge in [0.25, 0.3) is 0 Å². The van der Waals surface area contributed by atoms with Gasteiger partial charge in [0.05, 0.1) is 0 Å². The van der Waals surface area contributed by atoms with E-state index in [0.717, 1.165) is 32.6 Å². The summed E-state index contributed by atoms with van der Waals surface area (Å²) in [6.45, 7) is 3.23. The number of ether oxygens (including phenoxy) is 1. The molecule has 0 unspecified atom stereocenters. The highest BCUT2D eigenvalue weighted by atomic mass is 16.5. The van der Waals surface area contributed by atoms with E-state index in [0.29, 0.717) is 12.6 Å². The van der Waals surface area contributed by atoms with Gasteiger partial charge < -0.3 is 14.7 Å². The van der Waals surface area contributed by atoms with Crippen LogP contribution in [0.2, 0.25) is 0 Å². The second kappa shape index (κ2) is 6.88. The third-order valence-corrected chi connectivity index (χ3v) is 4.90. The molecule has 106 valence electrons. The Hall–Kier alpha value is -0.120. The number of hydrogen-bond donors (Lipinski definition) is 1. The van der Waals surface area contributed by atoms with Gasteiger partial charge in [-0.25, -0.2) is 0 Å². The van der Waals surface area contributed by atoms with Gasteiger partial charge in [0.15, 0.2) is 0 Å². The molecule has 1 aliphatic carbocycles. The summed E-state index contributed by atoms with van der Waals surface area (Å²) in [5, 5.41) is 9.86. The summed E-state index contributed by atoms with van der Waals surface area (Å²) in [6, 6.07) is 0.658. The molecule has 3 nitrogen and oxygen atoms in total. The van der Waals surface area contributed by atoms with E-state index in [1.54, 1.807) is 0 Å². The van der Waals surface area contributed by atoms with Crippen molar-refractivity contribution >= 4 is 0 Å². The predicted octanol–water partition coefficient (Wildman–Crippen LogP) is 2.43. The van der Waals surface area contributed by atoms with Crippen LogP contribution in [0.4, 0.5) is 0 Å². The lowest BCUT2D eigenvalue weighted by Crippen LogP contribution is -2.45. The van der Waals surface area contributed by atoms with Gasteiger partial charge in [0.1, 0.15) is 0 Å². The topological polar surface area (TPSA) is 32.7 Å². The van der Waals surface area contributed by atoms with Gasteiger partial charge in [-0.05, 0) is 32.7 Å². The molecule has 1 saturated carbocycles. The Labute approximate surface area is 112 Å². The maximum absolute atomic E-state index is 9.86. The van der Waals surface area contributed by atoms with Crippen molar-refractivity contribution in [2.75, 3.05) is 33.4 Å². The van der Waals surface area contributed by atoms with Crippen LogP contribution in [0.25, 0.3) is 0 Å². The molecular weight excluding hydrogens is 226 g/mol. The van der Waals surface area contributed by atoms with Crippen molar-refractivity contribution in [3.63, 3.8) is 0 Å². The molecular formula is C15H29NO2. The average molecular weight is 255 g/mol. The zero-order valence-electron chi connectivity index (χ0n) is 11.9. The van der Waals surface area contributed by atoms with Gasteiger partial charge in [-0.2, -0.15) is 0 Å². The van der Waals surface area contributed by atoms with Crippen molar-refractivity contribution in [2.45, 2.75) is 57.4 Å². The third-order valence-electron chi connectivity index (χ3n) is 4.90. The molecule has 0 aromatic carbocycles. The van der Waals surface area contributed by atoms with E-state index in [-0.39, 0.29) is 5.41 Å². The van der Waals surface area contributed by atoms with Gasteiger partial charge in [-0.3, -0.25) is 0 Å². The summed E-state index contributed by atoms with van der Waals surface area (Å²) in [4.78, 5) is 2.49. The van der Waals surface area contributed by atoms with Crippen molar-refractivity contribution in [2.24, 2.45) is 5.41 Å². The van der Waals surface area contributed by atoms with E-state index < -0.39 is 0 Å². The molecule has 2 fully saturated rings. The van der Waals surface area contributed by atoms with E-state index >= 15 is 0 Å². The van der Waals surface area contributed by atoms with Crippen LogP contribution in [0.1, 0.15) is 51.4 Å². The first-order valence-corrected chi connectivity index (χ1v) is 7.65. The fraction of sp³-hybridized carbons (Fsp3) is 1.00. The molecule has 0 amide bonds. The Morgan fingerprint density at radius 1 is 1.11 bits per heavy atom. The molecule has 18 heavy (non-hydrogen) atoms. The summed E-state index contributed by atoms with van der Waals surface area (Å²) in [5.74, 6) is 0. The fourth-order valence-electron chi connectivity index (χ4n) is 3.63. The number of nitrogens with zero attached hydrogens (tertiary/aromatic N) is 1. The lowest BCUT2D eigenvalue weighted by molar-refractivity contribution is 0.00862. The highest BCUT2D eigenvalue weighted by molar-refractivity contribution is 4.86. The van der Waals surface area contributed by atoms with Crippen LogP contribution in [-0.2, 0) is 4.74 Å². The van der Waals surface area contributed by atoms with Crippen LogP contribution in [0, 0.1) is 5.41 Å². The average Bonchev–Trinajstić information content (AvgIpc) is 2.66. The molecule has 2 aliphatic rings. The summed E-state index contributed by atoms with van der Waals surface area (Å²) in [7, 11) is 2.23. The molecule has 0 aromatic heterocycles. The van der Waals surface area contributed by atoms with Crippen molar-refractivity contribution in [3.05, 3.63) is 0 Å². The molecule has 1 aliphatic heterocycles. The molecule has 0 radical (unpaired) electrons. The zero-order chi connectivity index (χ0) is 12.8. The Morgan fingerprint density at radius 2 is 1.72 bits per heavy atom. The van der Waals surface area contributed by atoms with Crippen molar-refractivity contribution in [1.82, 2.24) is 4.90 Å². The summed E-state index contributed by atoms with van der Waals surface area (Å²) >= 11 is 0. The number of hydrogen-bond acceptors (Lipinski definition) is 3. The predicted molar refractivity (Wildman–Crippen MR) is 73.7 cm³/mol. The smallest absolute Gasteiger partial charge is 0.0499 e. The first-order chi connectivity index (χ1) is 8.76. The molecule has 0 bridgehead atoms. The Morgan fingerprint density at radius 3 is 2.28 bits per heavy atom. The minimum atomic E-state index is 0.170. The molecule has 3 heteroatoms. The highest BCUT2D eigenvalue weighted by Crippen LogP contribution is 2.36. The van der Waals surface area contributed by atoms with Gasteiger partial charge in [-0.15, -0.1) is 0 Å². The quantitative estimate of drug-likeness (QED) is 0.783. The van der Waals surface area contributed by atoms with E-state index in [1.807, 2.05) is 0 Å². The zero-order valence-corrected chi connectivity index (χ0v) is 11.9. The minimum Gasteiger partial charge on any atom is -0.396 e. The van der Waals surface area contributed by atoms with Crippen LogP contribution in [-0.4, -0.2) is 49.5 Å². The second-order valence-corrected chi connectivity index (χ2v) is 6.33. The van der Waals surface area contributed by atoms with Gasteiger partial charge in [-0.1, -0.05) is 25.7 Å². The van der Waals surface area contributed by atoms with Crippen molar-refractivity contribution in [1.29, 1.82) is 0 Å². The van der Waals surface area contributed by atoms with Crippen LogP contribution in [0.3, 0.4) is 0 Å². The molecule has 0 atom stereocenters. The van der Waals surface area contributed by atoms with Gasteiger partial charge in [0, 0.05) is 37.8 Å². The standard InChI is InChI=1S/C15H29NO2/c1-16(14-6-10-18-11-7-14)12-15(13-17)8-4-2-3-5-9-15/h14,17H,2-13H2,1H3. The maximum Gasteiger partial charge on any atom is 0.0499 e. The largest absolute Gasteiger partial charge is 0.396 e. The molecule has 1 heterocycles. The highest BCUT2D eigenvalue weighted by Gasteiger charge is 2.33. The van der Waals surface area contributed by atoms with E-state index in [9.17, 15) is 5.11 Å². The molecule has 1 N–H and O–H groups in total. The van der Waals surface area contributed by atoms with E-state index in [2.05, 4.69) is 11.9 Å². The summed E-state index contributed by atoms with van der Waals surface area (Å²) < 4.78 is 5.44. The minimum absolute atomic E-state index is 0.170. The van der Waals surface area contributed by atoms with Crippen molar-refractivity contribution in [3.8, 4) is 0 Å². The molecule has 2 rings (SSSR count). The summed E-state index contributed by atoms with van der Waals surface area (Å²) in [5.41, 5.74) is 0.170. The van der Waals surface area contributed by atoms with Crippen molar-refractivity contribution < 1.29 is 9.84 Å². The Balaban J connectivity index is 1.90. The number of aliphatic hydroxyl groups is 1. The second-order valence-electron chi connectivity index (χ2n) is 6.33. The van der Waals surface area contributed by atoms with Crippen LogP contribution in [0.15, 0.2) is 0 Å². The number of rotatable bonds is 4. The fourth-order valence-corrected chi connectivity index (χ4v) is 3.63.